The summed E-state index contributed by atoms with van der Waals surface area (Å²) in [6.45, 7) is 5.54. The molecular formula is C21H31ClN2O. The van der Waals surface area contributed by atoms with Gasteiger partial charge >= 0.3 is 0 Å². The van der Waals surface area contributed by atoms with Crippen LogP contribution in [0.2, 0.25) is 0 Å². The molecule has 0 radical (unpaired) electrons. The van der Waals surface area contributed by atoms with Crippen molar-refractivity contribution in [2.45, 2.75) is 44.9 Å². The van der Waals surface area contributed by atoms with Gasteiger partial charge < -0.3 is 15.7 Å². The minimum Gasteiger partial charge on any atom is -0.390 e. The summed E-state index contributed by atoms with van der Waals surface area (Å²) in [4.78, 5) is 0. The standard InChI is InChI=1S/C21H30N2O.ClH/c1-17(13-19-9-5-3-6-10-19)22-15-21(24)16-23-18(2)14-20-11-7-4-8-12-20;/h3-12,17-18,21-24H,13-16H2,1-2H3;1H. The van der Waals surface area contributed by atoms with E-state index in [-0.39, 0.29) is 18.5 Å². The number of rotatable bonds is 10. The molecule has 0 spiro atoms. The Balaban J connectivity index is 0.00000312. The van der Waals surface area contributed by atoms with Crippen LogP contribution in [-0.2, 0) is 12.8 Å². The van der Waals surface area contributed by atoms with Crippen LogP contribution in [0.1, 0.15) is 25.0 Å². The molecular weight excluding hydrogens is 332 g/mol. The predicted molar refractivity (Wildman–Crippen MR) is 108 cm³/mol. The first-order chi connectivity index (χ1) is 11.6. The van der Waals surface area contributed by atoms with Gasteiger partial charge in [0.15, 0.2) is 0 Å². The zero-order valence-electron chi connectivity index (χ0n) is 15.2. The zero-order valence-corrected chi connectivity index (χ0v) is 16.0. The summed E-state index contributed by atoms with van der Waals surface area (Å²) < 4.78 is 0. The van der Waals surface area contributed by atoms with Crippen molar-refractivity contribution in [2.24, 2.45) is 0 Å². The molecule has 2 rings (SSSR count). The number of nitrogens with one attached hydrogen (secondary N) is 2. The van der Waals surface area contributed by atoms with Crippen LogP contribution < -0.4 is 10.6 Å². The van der Waals surface area contributed by atoms with Crippen LogP contribution in [0, 0.1) is 0 Å². The average molecular weight is 363 g/mol. The van der Waals surface area contributed by atoms with Gasteiger partial charge in [0.05, 0.1) is 6.10 Å². The molecule has 138 valence electrons. The Hall–Kier alpha value is -1.39. The van der Waals surface area contributed by atoms with E-state index >= 15 is 0 Å². The van der Waals surface area contributed by atoms with E-state index in [4.69, 9.17) is 0 Å². The first-order valence-corrected chi connectivity index (χ1v) is 8.86. The smallest absolute Gasteiger partial charge is 0.0788 e. The van der Waals surface area contributed by atoms with Crippen molar-refractivity contribution in [3.8, 4) is 0 Å². The fraction of sp³-hybridized carbons (Fsp3) is 0.429. The molecule has 0 bridgehead atoms. The van der Waals surface area contributed by atoms with Crippen LogP contribution >= 0.6 is 12.4 Å². The number of aliphatic hydroxyl groups excluding tert-OH is 1. The van der Waals surface area contributed by atoms with Gasteiger partial charge in [-0.15, -0.1) is 12.4 Å². The molecule has 3 nitrogen and oxygen atoms in total. The maximum Gasteiger partial charge on any atom is 0.0788 e. The van der Waals surface area contributed by atoms with Crippen molar-refractivity contribution in [2.75, 3.05) is 13.1 Å². The highest BCUT2D eigenvalue weighted by molar-refractivity contribution is 5.85. The molecule has 25 heavy (non-hydrogen) atoms. The largest absolute Gasteiger partial charge is 0.390 e. The van der Waals surface area contributed by atoms with E-state index in [1.54, 1.807) is 0 Å². The first-order valence-electron chi connectivity index (χ1n) is 8.86. The summed E-state index contributed by atoms with van der Waals surface area (Å²) in [5, 5.41) is 17.0. The lowest BCUT2D eigenvalue weighted by Gasteiger charge is -2.20. The maximum atomic E-state index is 10.2. The highest BCUT2D eigenvalue weighted by Crippen LogP contribution is 2.04. The van der Waals surface area contributed by atoms with E-state index in [0.29, 0.717) is 25.2 Å². The third-order valence-corrected chi connectivity index (χ3v) is 4.17. The van der Waals surface area contributed by atoms with Crippen LogP contribution in [0.3, 0.4) is 0 Å². The Bertz CT molecular complexity index is 513. The maximum absolute atomic E-state index is 10.2. The summed E-state index contributed by atoms with van der Waals surface area (Å²) in [7, 11) is 0. The van der Waals surface area contributed by atoms with Crippen molar-refractivity contribution in [3.05, 3.63) is 71.8 Å². The lowest BCUT2D eigenvalue weighted by Crippen LogP contribution is -2.42. The number of hydrogen-bond donors (Lipinski definition) is 3. The van der Waals surface area contributed by atoms with Crippen LogP contribution in [0.4, 0.5) is 0 Å². The minimum absolute atomic E-state index is 0. The fourth-order valence-electron chi connectivity index (χ4n) is 2.83. The number of benzene rings is 2. The molecule has 2 unspecified atom stereocenters. The van der Waals surface area contributed by atoms with E-state index in [9.17, 15) is 5.11 Å². The molecule has 0 aliphatic heterocycles. The Labute approximate surface area is 158 Å². The molecule has 0 saturated heterocycles. The van der Waals surface area contributed by atoms with Crippen LogP contribution in [0.15, 0.2) is 60.7 Å². The van der Waals surface area contributed by atoms with Crippen LogP contribution in [0.5, 0.6) is 0 Å². The molecule has 3 N–H and O–H groups in total. The van der Waals surface area contributed by atoms with Gasteiger partial charge in [-0.2, -0.15) is 0 Å². The van der Waals surface area contributed by atoms with E-state index < -0.39 is 0 Å². The van der Waals surface area contributed by atoms with Crippen LogP contribution in [-0.4, -0.2) is 36.4 Å². The monoisotopic (exact) mass is 362 g/mol. The van der Waals surface area contributed by atoms with Gasteiger partial charge in [-0.1, -0.05) is 60.7 Å². The van der Waals surface area contributed by atoms with E-state index in [2.05, 4.69) is 73.0 Å². The Kier molecular flexibility index (Phi) is 10.4. The lowest BCUT2D eigenvalue weighted by atomic mass is 10.1. The molecule has 0 aromatic heterocycles. The van der Waals surface area contributed by atoms with Gasteiger partial charge in [0.2, 0.25) is 0 Å². The molecule has 0 heterocycles. The molecule has 4 heteroatoms. The molecule has 2 atom stereocenters. The summed E-state index contributed by atoms with van der Waals surface area (Å²) >= 11 is 0. The summed E-state index contributed by atoms with van der Waals surface area (Å²) in [6.07, 6.45) is 1.58. The third-order valence-electron chi connectivity index (χ3n) is 4.17. The quantitative estimate of drug-likeness (QED) is 0.608. The molecule has 0 saturated carbocycles. The number of halogens is 1. The zero-order chi connectivity index (χ0) is 17.2. The third kappa shape index (κ3) is 9.03. The van der Waals surface area contributed by atoms with Gasteiger partial charge in [0, 0.05) is 25.2 Å². The number of aliphatic hydroxyl groups is 1. The molecule has 0 aliphatic rings. The van der Waals surface area contributed by atoms with Gasteiger partial charge in [-0.05, 0) is 37.8 Å². The average Bonchev–Trinajstić information content (AvgIpc) is 2.60. The van der Waals surface area contributed by atoms with Gasteiger partial charge in [0.25, 0.3) is 0 Å². The molecule has 0 amide bonds. The van der Waals surface area contributed by atoms with Gasteiger partial charge in [-0.25, -0.2) is 0 Å². The molecule has 0 aliphatic carbocycles. The van der Waals surface area contributed by atoms with E-state index in [1.807, 2.05) is 12.1 Å². The summed E-state index contributed by atoms with van der Waals surface area (Å²) in [6, 6.07) is 21.6. The van der Waals surface area contributed by atoms with Crippen molar-refractivity contribution >= 4 is 12.4 Å². The second-order valence-electron chi connectivity index (χ2n) is 6.65. The summed E-state index contributed by atoms with van der Waals surface area (Å²) in [5.41, 5.74) is 2.64. The number of hydrogen-bond acceptors (Lipinski definition) is 3. The van der Waals surface area contributed by atoms with Gasteiger partial charge in [0.1, 0.15) is 0 Å². The minimum atomic E-state index is -0.374. The van der Waals surface area contributed by atoms with Gasteiger partial charge in [-0.3, -0.25) is 0 Å². The summed E-state index contributed by atoms with van der Waals surface area (Å²) in [5.74, 6) is 0. The Morgan fingerprint density at radius 1 is 0.720 bits per heavy atom. The second kappa shape index (κ2) is 12.0. The van der Waals surface area contributed by atoms with E-state index in [1.165, 1.54) is 11.1 Å². The lowest BCUT2D eigenvalue weighted by molar-refractivity contribution is 0.161. The predicted octanol–water partition coefficient (Wildman–Crippen LogP) is 3.21. The van der Waals surface area contributed by atoms with Crippen molar-refractivity contribution in [3.63, 3.8) is 0 Å². The van der Waals surface area contributed by atoms with Crippen molar-refractivity contribution in [1.29, 1.82) is 0 Å². The van der Waals surface area contributed by atoms with Crippen molar-refractivity contribution < 1.29 is 5.11 Å². The Morgan fingerprint density at radius 3 is 1.44 bits per heavy atom. The first kappa shape index (κ1) is 21.7. The topological polar surface area (TPSA) is 44.3 Å². The molecule has 2 aromatic rings. The SMILES string of the molecule is CC(Cc1ccccc1)NCC(O)CNC(C)Cc1ccccc1.Cl. The molecule has 2 aromatic carbocycles. The van der Waals surface area contributed by atoms with Crippen molar-refractivity contribution in [1.82, 2.24) is 10.6 Å². The molecule has 0 fully saturated rings. The Morgan fingerprint density at radius 2 is 1.08 bits per heavy atom. The van der Waals surface area contributed by atoms with E-state index in [0.717, 1.165) is 12.8 Å². The fourth-order valence-corrected chi connectivity index (χ4v) is 2.83. The highest BCUT2D eigenvalue weighted by atomic mass is 35.5. The van der Waals surface area contributed by atoms with Crippen LogP contribution in [0.25, 0.3) is 0 Å². The normalized spacial score (nSPS) is 14.4. The second-order valence-corrected chi connectivity index (χ2v) is 6.65. The highest BCUT2D eigenvalue weighted by Gasteiger charge is 2.10.